The summed E-state index contributed by atoms with van der Waals surface area (Å²) in [6.45, 7) is 10.5. The third-order valence-electron chi connectivity index (χ3n) is 5.37. The first kappa shape index (κ1) is 27.6. The molecule has 168 valence electrons. The molecule has 0 aromatic carbocycles. The molecule has 1 atom stereocenters. The van der Waals surface area contributed by atoms with Crippen molar-refractivity contribution in [3.8, 4) is 0 Å². The summed E-state index contributed by atoms with van der Waals surface area (Å²) < 4.78 is 24.7. The van der Waals surface area contributed by atoms with Gasteiger partial charge in [0.25, 0.3) is 0 Å². The van der Waals surface area contributed by atoms with Crippen LogP contribution in [0, 0.1) is 5.92 Å². The second-order valence-electron chi connectivity index (χ2n) is 8.06. The van der Waals surface area contributed by atoms with Gasteiger partial charge in [0.05, 0.1) is 6.26 Å². The van der Waals surface area contributed by atoms with E-state index in [-0.39, 0.29) is 30.3 Å². The minimum absolute atomic E-state index is 0. The Morgan fingerprint density at radius 1 is 1.07 bits per heavy atom. The van der Waals surface area contributed by atoms with Gasteiger partial charge in [0.1, 0.15) is 0 Å². The van der Waals surface area contributed by atoms with Gasteiger partial charge in [0.2, 0.25) is 15.9 Å². The molecule has 1 amide bonds. The highest BCUT2D eigenvalue weighted by Gasteiger charge is 2.29. The highest BCUT2D eigenvalue weighted by atomic mass is 35.5. The molecule has 28 heavy (non-hydrogen) atoms. The quantitative estimate of drug-likeness (QED) is 0.447. The third-order valence-corrected chi connectivity index (χ3v) is 6.67. The van der Waals surface area contributed by atoms with E-state index in [0.717, 1.165) is 19.6 Å². The molecular weight excluding hydrogens is 398 g/mol. The third kappa shape index (κ3) is 11.0. The first-order chi connectivity index (χ1) is 12.8. The number of carbonyl (C=O) groups excluding carboxylic acids is 1. The molecule has 1 heterocycles. The Morgan fingerprint density at radius 3 is 2.00 bits per heavy atom. The maximum Gasteiger partial charge on any atom is 0.223 e. The van der Waals surface area contributed by atoms with Crippen LogP contribution in [0.5, 0.6) is 0 Å². The van der Waals surface area contributed by atoms with E-state index in [0.29, 0.717) is 25.9 Å². The summed E-state index contributed by atoms with van der Waals surface area (Å²) in [6.07, 6.45) is 9.85. The molecule has 0 radical (unpaired) electrons. The Bertz CT molecular complexity index is 513. The van der Waals surface area contributed by atoms with Crippen molar-refractivity contribution >= 4 is 28.3 Å². The zero-order valence-corrected chi connectivity index (χ0v) is 19.9. The predicted octanol–water partition coefficient (Wildman–Crippen LogP) is 3.27. The summed E-state index contributed by atoms with van der Waals surface area (Å²) in [5, 5.41) is 3.17. The highest BCUT2D eigenvalue weighted by Crippen LogP contribution is 2.19. The summed E-state index contributed by atoms with van der Waals surface area (Å²) in [5.74, 6) is 0.0109. The van der Waals surface area contributed by atoms with E-state index in [2.05, 4.69) is 31.0 Å². The number of amides is 1. The molecule has 8 heteroatoms. The zero-order chi connectivity index (χ0) is 20.3. The van der Waals surface area contributed by atoms with Gasteiger partial charge in [-0.25, -0.2) is 12.7 Å². The van der Waals surface area contributed by atoms with E-state index in [1.807, 2.05) is 0 Å². The first-order valence-corrected chi connectivity index (χ1v) is 12.6. The Balaban J connectivity index is 0.00000729. The zero-order valence-electron chi connectivity index (χ0n) is 18.3. The van der Waals surface area contributed by atoms with Gasteiger partial charge in [-0.2, -0.15) is 0 Å². The number of piperidine rings is 1. The summed E-state index contributed by atoms with van der Waals surface area (Å²) in [4.78, 5) is 15.1. The van der Waals surface area contributed by atoms with E-state index in [1.54, 1.807) is 0 Å². The van der Waals surface area contributed by atoms with Gasteiger partial charge in [-0.3, -0.25) is 4.79 Å². The number of halogens is 1. The molecule has 1 aliphatic rings. The van der Waals surface area contributed by atoms with Crippen molar-refractivity contribution in [3.63, 3.8) is 0 Å². The highest BCUT2D eigenvalue weighted by molar-refractivity contribution is 7.88. The van der Waals surface area contributed by atoms with Crippen molar-refractivity contribution in [2.45, 2.75) is 78.2 Å². The SMILES string of the molecule is CCCCCN(CCCCC)CC(C)NC(=O)C1CCN(S(C)(=O)=O)CC1.Cl. The largest absolute Gasteiger partial charge is 0.352 e. The molecule has 6 nitrogen and oxygen atoms in total. The molecule has 1 aliphatic heterocycles. The summed E-state index contributed by atoms with van der Waals surface area (Å²) in [5.41, 5.74) is 0. The van der Waals surface area contributed by atoms with Gasteiger partial charge in [0.15, 0.2) is 0 Å². The molecular formula is C20H42ClN3O3S. The van der Waals surface area contributed by atoms with Crippen LogP contribution in [-0.2, 0) is 14.8 Å². The second-order valence-corrected chi connectivity index (χ2v) is 10.0. The normalized spacial score (nSPS) is 17.3. The molecule has 0 aromatic heterocycles. The fourth-order valence-corrected chi connectivity index (χ4v) is 4.58. The van der Waals surface area contributed by atoms with E-state index in [4.69, 9.17) is 0 Å². The summed E-state index contributed by atoms with van der Waals surface area (Å²) >= 11 is 0. The fraction of sp³-hybridized carbons (Fsp3) is 0.950. The van der Waals surface area contributed by atoms with E-state index in [9.17, 15) is 13.2 Å². The van der Waals surface area contributed by atoms with Crippen molar-refractivity contribution < 1.29 is 13.2 Å². The summed E-state index contributed by atoms with van der Waals surface area (Å²) in [6, 6.07) is 0.119. The Morgan fingerprint density at radius 2 is 1.57 bits per heavy atom. The van der Waals surface area contributed by atoms with Crippen molar-refractivity contribution in [3.05, 3.63) is 0 Å². The van der Waals surface area contributed by atoms with Crippen molar-refractivity contribution in [2.75, 3.05) is 39.0 Å². The van der Waals surface area contributed by atoms with Crippen LogP contribution in [0.3, 0.4) is 0 Å². The lowest BCUT2D eigenvalue weighted by atomic mass is 9.97. The topological polar surface area (TPSA) is 69.7 Å². The van der Waals surface area contributed by atoms with Crippen molar-refractivity contribution in [1.29, 1.82) is 0 Å². The van der Waals surface area contributed by atoms with Gasteiger partial charge in [-0.1, -0.05) is 39.5 Å². The van der Waals surface area contributed by atoms with Gasteiger partial charge in [0, 0.05) is 31.6 Å². The minimum atomic E-state index is -3.14. The van der Waals surface area contributed by atoms with E-state index >= 15 is 0 Å². The Kier molecular flexibility index (Phi) is 14.4. The van der Waals surface area contributed by atoms with Gasteiger partial charge in [-0.15, -0.1) is 12.4 Å². The number of sulfonamides is 1. The van der Waals surface area contributed by atoms with Crippen LogP contribution in [0.1, 0.15) is 72.1 Å². The maximum atomic E-state index is 12.6. The average molecular weight is 440 g/mol. The van der Waals surface area contributed by atoms with Crippen LogP contribution in [0.4, 0.5) is 0 Å². The minimum Gasteiger partial charge on any atom is -0.352 e. The lowest BCUT2D eigenvalue weighted by molar-refractivity contribution is -0.126. The predicted molar refractivity (Wildman–Crippen MR) is 119 cm³/mol. The number of carbonyl (C=O) groups is 1. The fourth-order valence-electron chi connectivity index (χ4n) is 3.71. The monoisotopic (exact) mass is 439 g/mol. The van der Waals surface area contributed by atoms with Gasteiger partial charge < -0.3 is 10.2 Å². The van der Waals surface area contributed by atoms with Crippen molar-refractivity contribution in [2.24, 2.45) is 5.92 Å². The smallest absolute Gasteiger partial charge is 0.223 e. The Hall–Kier alpha value is -0.370. The molecule has 1 fully saturated rings. The Labute approximate surface area is 179 Å². The molecule has 1 N–H and O–H groups in total. The number of nitrogens with zero attached hydrogens (tertiary/aromatic N) is 2. The summed E-state index contributed by atoms with van der Waals surface area (Å²) in [7, 11) is -3.14. The van der Waals surface area contributed by atoms with Gasteiger partial charge >= 0.3 is 0 Å². The number of rotatable bonds is 13. The lowest BCUT2D eigenvalue weighted by Crippen LogP contribution is -2.47. The molecule has 0 saturated carbocycles. The lowest BCUT2D eigenvalue weighted by Gasteiger charge is -2.31. The van der Waals surface area contributed by atoms with Crippen LogP contribution in [0.25, 0.3) is 0 Å². The van der Waals surface area contributed by atoms with E-state index < -0.39 is 10.0 Å². The standard InChI is InChI=1S/C20H41N3O3S.ClH/c1-5-7-9-13-22(14-10-8-6-2)17-18(3)21-20(24)19-11-15-23(16-12-19)27(4,25)26;/h18-19H,5-17H2,1-4H3,(H,21,24);1H. The first-order valence-electron chi connectivity index (χ1n) is 10.8. The van der Waals surface area contributed by atoms with Crippen molar-refractivity contribution in [1.82, 2.24) is 14.5 Å². The van der Waals surface area contributed by atoms with Crippen LogP contribution in [-0.4, -0.2) is 68.6 Å². The molecule has 0 spiro atoms. The number of hydrogen-bond donors (Lipinski definition) is 1. The number of nitrogens with one attached hydrogen (secondary N) is 1. The molecule has 0 bridgehead atoms. The molecule has 0 aromatic rings. The number of unbranched alkanes of at least 4 members (excludes halogenated alkanes) is 4. The molecule has 1 saturated heterocycles. The molecule has 1 rings (SSSR count). The van der Waals surface area contributed by atoms with E-state index in [1.165, 1.54) is 49.1 Å². The second kappa shape index (κ2) is 14.6. The van der Waals surface area contributed by atoms with Crippen LogP contribution < -0.4 is 5.32 Å². The maximum absolute atomic E-state index is 12.6. The average Bonchev–Trinajstić information content (AvgIpc) is 2.61. The molecule has 0 aliphatic carbocycles. The number of hydrogen-bond acceptors (Lipinski definition) is 4. The van der Waals surface area contributed by atoms with Crippen LogP contribution in [0.15, 0.2) is 0 Å². The van der Waals surface area contributed by atoms with Crippen LogP contribution in [0.2, 0.25) is 0 Å². The van der Waals surface area contributed by atoms with Gasteiger partial charge in [-0.05, 0) is 45.7 Å². The van der Waals surface area contributed by atoms with Crippen LogP contribution >= 0.6 is 12.4 Å². The molecule has 1 unspecified atom stereocenters.